The summed E-state index contributed by atoms with van der Waals surface area (Å²) in [5.74, 6) is -0.363. The maximum absolute atomic E-state index is 12.6. The van der Waals surface area contributed by atoms with Crippen LogP contribution in [0.2, 0.25) is 0 Å². The zero-order chi connectivity index (χ0) is 13.7. The van der Waals surface area contributed by atoms with Crippen LogP contribution in [0.15, 0.2) is 54.6 Å². The van der Waals surface area contributed by atoms with E-state index in [9.17, 15) is 4.79 Å². The molecule has 19 heavy (non-hydrogen) atoms. The maximum atomic E-state index is 12.6. The Hall–Kier alpha value is -2.40. The van der Waals surface area contributed by atoms with Gasteiger partial charge in [0.25, 0.3) is 0 Å². The van der Waals surface area contributed by atoms with Crippen LogP contribution in [0.3, 0.4) is 0 Å². The van der Waals surface area contributed by atoms with Crippen LogP contribution in [-0.2, 0) is 0 Å². The molecule has 0 radical (unpaired) electrons. The summed E-state index contributed by atoms with van der Waals surface area (Å²) in [6.45, 7) is 1.92. The molecule has 2 nitrogen and oxygen atoms in total. The van der Waals surface area contributed by atoms with Gasteiger partial charge in [-0.3, -0.25) is 4.79 Å². The molecule has 0 heterocycles. The first-order chi connectivity index (χ1) is 9.24. The third-order valence-electron chi connectivity index (χ3n) is 3.22. The molecule has 0 aromatic heterocycles. The van der Waals surface area contributed by atoms with E-state index in [4.69, 9.17) is 5.26 Å². The molecule has 0 bridgehead atoms. The molecule has 1 atom stereocenters. The fourth-order valence-corrected chi connectivity index (χ4v) is 2.18. The summed E-state index contributed by atoms with van der Waals surface area (Å²) >= 11 is 0. The number of carbonyl (C=O) groups excluding carboxylic acids is 1. The molecule has 2 rings (SSSR count). The molecule has 0 fully saturated rings. The monoisotopic (exact) mass is 249 g/mol. The van der Waals surface area contributed by atoms with E-state index in [1.165, 1.54) is 0 Å². The zero-order valence-corrected chi connectivity index (χ0v) is 10.8. The van der Waals surface area contributed by atoms with Crippen molar-refractivity contribution in [2.75, 3.05) is 0 Å². The highest BCUT2D eigenvalue weighted by Crippen LogP contribution is 2.25. The van der Waals surface area contributed by atoms with Crippen molar-refractivity contribution in [2.45, 2.75) is 19.3 Å². The predicted molar refractivity (Wildman–Crippen MR) is 74.9 cm³/mol. The summed E-state index contributed by atoms with van der Waals surface area (Å²) in [4.78, 5) is 12.6. The van der Waals surface area contributed by atoms with Crippen molar-refractivity contribution in [3.8, 4) is 6.07 Å². The third kappa shape index (κ3) is 2.89. The second kappa shape index (κ2) is 5.97. The van der Waals surface area contributed by atoms with E-state index >= 15 is 0 Å². The van der Waals surface area contributed by atoms with Crippen LogP contribution in [0.1, 0.15) is 33.8 Å². The second-order valence-corrected chi connectivity index (χ2v) is 4.50. The number of aryl methyl sites for hydroxylation is 1. The first kappa shape index (κ1) is 13.0. The normalized spacial score (nSPS) is 11.6. The molecule has 0 aliphatic rings. The molecular weight excluding hydrogens is 234 g/mol. The van der Waals surface area contributed by atoms with Gasteiger partial charge >= 0.3 is 0 Å². The highest BCUT2D eigenvalue weighted by Gasteiger charge is 2.22. The van der Waals surface area contributed by atoms with Gasteiger partial charge in [-0.25, -0.2) is 0 Å². The van der Waals surface area contributed by atoms with E-state index in [0.717, 1.165) is 11.1 Å². The minimum atomic E-state index is -0.382. The Balaban J connectivity index is 2.39. The van der Waals surface area contributed by atoms with Crippen molar-refractivity contribution >= 4 is 5.78 Å². The van der Waals surface area contributed by atoms with Crippen LogP contribution < -0.4 is 0 Å². The Morgan fingerprint density at radius 1 is 1.11 bits per heavy atom. The number of hydrogen-bond donors (Lipinski definition) is 0. The van der Waals surface area contributed by atoms with Crippen molar-refractivity contribution in [3.05, 3.63) is 71.3 Å². The molecule has 2 heteroatoms. The zero-order valence-electron chi connectivity index (χ0n) is 10.8. The molecular formula is C17H15NO. The summed E-state index contributed by atoms with van der Waals surface area (Å²) in [6.07, 6.45) is 0.206. The topological polar surface area (TPSA) is 40.9 Å². The van der Waals surface area contributed by atoms with Gasteiger partial charge in [-0.1, -0.05) is 54.6 Å². The summed E-state index contributed by atoms with van der Waals surface area (Å²) < 4.78 is 0. The van der Waals surface area contributed by atoms with E-state index < -0.39 is 0 Å². The average Bonchev–Trinajstić information content (AvgIpc) is 2.45. The van der Waals surface area contributed by atoms with Gasteiger partial charge in [0.1, 0.15) is 0 Å². The smallest absolute Gasteiger partial charge is 0.171 e. The quantitative estimate of drug-likeness (QED) is 0.772. The summed E-state index contributed by atoms with van der Waals surface area (Å²) in [5.41, 5.74) is 2.55. The predicted octanol–water partition coefficient (Wildman–Crippen LogP) is 3.88. The Kier molecular flexibility index (Phi) is 4.10. The number of carbonyl (C=O) groups is 1. The molecule has 2 aromatic carbocycles. The fourth-order valence-electron chi connectivity index (χ4n) is 2.18. The van der Waals surface area contributed by atoms with Crippen molar-refractivity contribution in [1.29, 1.82) is 5.26 Å². The Labute approximate surface area is 113 Å². The Morgan fingerprint density at radius 3 is 2.37 bits per heavy atom. The first-order valence-corrected chi connectivity index (χ1v) is 6.25. The molecule has 0 aliphatic carbocycles. The molecule has 94 valence electrons. The fraction of sp³-hybridized carbons (Fsp3) is 0.176. The van der Waals surface area contributed by atoms with E-state index in [1.54, 1.807) is 0 Å². The van der Waals surface area contributed by atoms with Gasteiger partial charge in [-0.2, -0.15) is 5.26 Å². The lowest BCUT2D eigenvalue weighted by Gasteiger charge is -2.14. The highest BCUT2D eigenvalue weighted by atomic mass is 16.1. The number of benzene rings is 2. The van der Waals surface area contributed by atoms with Crippen molar-refractivity contribution in [2.24, 2.45) is 0 Å². The number of rotatable bonds is 4. The number of Topliss-reactive ketones (excluding diaryl/α,β-unsaturated/α-hetero) is 1. The third-order valence-corrected chi connectivity index (χ3v) is 3.22. The first-order valence-electron chi connectivity index (χ1n) is 6.25. The van der Waals surface area contributed by atoms with Crippen LogP contribution in [-0.4, -0.2) is 5.78 Å². The molecule has 0 spiro atoms. The maximum Gasteiger partial charge on any atom is 0.171 e. The molecule has 0 saturated heterocycles. The van der Waals surface area contributed by atoms with Crippen molar-refractivity contribution < 1.29 is 4.79 Å². The van der Waals surface area contributed by atoms with Gasteiger partial charge in [0.15, 0.2) is 5.78 Å². The minimum Gasteiger partial charge on any atom is -0.293 e. The Morgan fingerprint density at radius 2 is 1.74 bits per heavy atom. The van der Waals surface area contributed by atoms with Gasteiger partial charge in [0, 0.05) is 12.0 Å². The van der Waals surface area contributed by atoms with Crippen molar-refractivity contribution in [3.63, 3.8) is 0 Å². The highest BCUT2D eigenvalue weighted by molar-refractivity contribution is 6.02. The molecule has 1 unspecified atom stereocenters. The van der Waals surface area contributed by atoms with Crippen LogP contribution >= 0.6 is 0 Å². The van der Waals surface area contributed by atoms with Gasteiger partial charge in [-0.15, -0.1) is 0 Å². The van der Waals surface area contributed by atoms with Gasteiger partial charge < -0.3 is 0 Å². The van der Waals surface area contributed by atoms with Gasteiger partial charge in [0.2, 0.25) is 0 Å². The lowest BCUT2D eigenvalue weighted by atomic mass is 9.87. The van der Waals surface area contributed by atoms with E-state index in [-0.39, 0.29) is 18.1 Å². The van der Waals surface area contributed by atoms with E-state index in [2.05, 4.69) is 6.07 Å². The van der Waals surface area contributed by atoms with E-state index in [0.29, 0.717) is 5.56 Å². The minimum absolute atomic E-state index is 0.0193. The number of hydrogen-bond acceptors (Lipinski definition) is 2. The average molecular weight is 249 g/mol. The molecule has 0 saturated carbocycles. The van der Waals surface area contributed by atoms with Crippen LogP contribution in [0.25, 0.3) is 0 Å². The number of ketones is 1. The lowest BCUT2D eigenvalue weighted by molar-refractivity contribution is 0.0960. The molecule has 0 amide bonds. The van der Waals surface area contributed by atoms with E-state index in [1.807, 2.05) is 61.5 Å². The SMILES string of the molecule is Cc1ccccc1C(=O)C(CC#N)c1ccccc1. The lowest BCUT2D eigenvalue weighted by Crippen LogP contribution is -2.13. The second-order valence-electron chi connectivity index (χ2n) is 4.50. The molecule has 2 aromatic rings. The Bertz CT molecular complexity index is 611. The summed E-state index contributed by atoms with van der Waals surface area (Å²) in [6, 6.07) is 19.1. The summed E-state index contributed by atoms with van der Waals surface area (Å²) in [5, 5.41) is 8.96. The largest absolute Gasteiger partial charge is 0.293 e. The number of nitriles is 1. The van der Waals surface area contributed by atoms with Crippen LogP contribution in [0.5, 0.6) is 0 Å². The van der Waals surface area contributed by atoms with Gasteiger partial charge in [0.05, 0.1) is 12.0 Å². The van der Waals surface area contributed by atoms with Crippen molar-refractivity contribution in [1.82, 2.24) is 0 Å². The van der Waals surface area contributed by atoms with Gasteiger partial charge in [-0.05, 0) is 18.1 Å². The molecule has 0 N–H and O–H groups in total. The standard InChI is InChI=1S/C17H15NO/c1-13-7-5-6-10-15(13)17(19)16(11-12-18)14-8-3-2-4-9-14/h2-10,16H,11H2,1H3. The summed E-state index contributed by atoms with van der Waals surface area (Å²) in [7, 11) is 0. The van der Waals surface area contributed by atoms with Crippen LogP contribution in [0, 0.1) is 18.3 Å². The van der Waals surface area contributed by atoms with Crippen LogP contribution in [0.4, 0.5) is 0 Å². The number of nitrogens with zero attached hydrogens (tertiary/aromatic N) is 1. The molecule has 0 aliphatic heterocycles.